The monoisotopic (exact) mass is 335 g/mol. The second kappa shape index (κ2) is 9.13. The molecule has 0 heterocycles. The molecule has 0 aromatic rings. The Morgan fingerprint density at radius 1 is 1.36 bits per heavy atom. The molecule has 0 aromatic heterocycles. The minimum atomic E-state index is -0.920. The molecule has 0 radical (unpaired) electrons. The van der Waals surface area contributed by atoms with E-state index >= 15 is 0 Å². The summed E-state index contributed by atoms with van der Waals surface area (Å²) in [4.78, 5) is 37.3. The average Bonchev–Trinajstić information content (AvgIpc) is 2.30. The molecule has 9 nitrogen and oxygen atoms in total. The van der Waals surface area contributed by atoms with E-state index in [1.54, 1.807) is 20.8 Å². The van der Waals surface area contributed by atoms with Crippen molar-refractivity contribution in [3.63, 3.8) is 0 Å². The van der Waals surface area contributed by atoms with Crippen molar-refractivity contribution in [3.8, 4) is 0 Å². The van der Waals surface area contributed by atoms with E-state index in [9.17, 15) is 19.7 Å². The first kappa shape index (κ1) is 20.0. The number of carbonyl (C=O) groups excluding carboxylic acids is 2. The number of carbonyl (C=O) groups is 2. The molecule has 0 spiro atoms. The normalized spacial score (nSPS) is 12.0. The fourth-order valence-corrected chi connectivity index (χ4v) is 1.67. The molecule has 0 aromatic carbocycles. The van der Waals surface area contributed by atoms with Crippen LogP contribution >= 0.6 is 12.2 Å². The second-order valence-corrected chi connectivity index (χ2v) is 5.83. The zero-order chi connectivity index (χ0) is 17.3. The predicted octanol–water partition coefficient (Wildman–Crippen LogP) is 0.348. The first-order valence-corrected chi connectivity index (χ1v) is 6.96. The number of hydrogen-bond donors (Lipinski definition) is 2. The van der Waals surface area contributed by atoms with Crippen LogP contribution in [0.1, 0.15) is 34.1 Å². The minimum Gasteiger partial charge on any atom is -0.460 e. The maximum atomic E-state index is 11.8. The fourth-order valence-electron chi connectivity index (χ4n) is 1.42. The first-order chi connectivity index (χ1) is 10.0. The summed E-state index contributed by atoms with van der Waals surface area (Å²) >= 11 is 5.07. The molecule has 1 amide bonds. The lowest BCUT2D eigenvalue weighted by Gasteiger charge is -2.23. The van der Waals surface area contributed by atoms with Crippen LogP contribution in [0.3, 0.4) is 0 Å². The van der Waals surface area contributed by atoms with Gasteiger partial charge >= 0.3 is 5.97 Å². The van der Waals surface area contributed by atoms with Crippen LogP contribution in [0.15, 0.2) is 0 Å². The van der Waals surface area contributed by atoms with E-state index in [1.807, 2.05) is 0 Å². The maximum Gasteiger partial charge on any atom is 0.308 e. The van der Waals surface area contributed by atoms with Crippen molar-refractivity contribution in [3.05, 3.63) is 10.1 Å². The van der Waals surface area contributed by atoms with Crippen molar-refractivity contribution < 1.29 is 24.3 Å². The van der Waals surface area contributed by atoms with Crippen LogP contribution in [-0.2, 0) is 19.2 Å². The largest absolute Gasteiger partial charge is 0.460 e. The van der Waals surface area contributed by atoms with Crippen LogP contribution in [0.5, 0.6) is 0 Å². The standard InChI is InChI=1S/C12H21N3O6S/c1-8(16)14-9(7-10(17)21-12(2,3)4)11(22)13-5-6-20-15(18)19/h9H,5-7H2,1-4H3,(H,13,22)(H,14,16)/t9-/m1/s1. The Morgan fingerprint density at radius 3 is 2.41 bits per heavy atom. The van der Waals surface area contributed by atoms with Crippen LogP contribution in [-0.4, -0.2) is 46.7 Å². The highest BCUT2D eigenvalue weighted by Crippen LogP contribution is 2.09. The van der Waals surface area contributed by atoms with Crippen molar-refractivity contribution in [2.24, 2.45) is 0 Å². The number of hydrogen-bond acceptors (Lipinski definition) is 7. The molecular weight excluding hydrogens is 314 g/mol. The van der Waals surface area contributed by atoms with E-state index in [1.165, 1.54) is 6.92 Å². The highest BCUT2D eigenvalue weighted by molar-refractivity contribution is 7.80. The van der Waals surface area contributed by atoms with Gasteiger partial charge in [0.1, 0.15) is 12.2 Å². The Morgan fingerprint density at radius 2 is 1.95 bits per heavy atom. The van der Waals surface area contributed by atoms with Gasteiger partial charge in [-0.25, -0.2) is 0 Å². The van der Waals surface area contributed by atoms with Crippen molar-refractivity contribution >= 4 is 29.1 Å². The second-order valence-electron chi connectivity index (χ2n) is 5.39. The van der Waals surface area contributed by atoms with Crippen molar-refractivity contribution in [2.45, 2.75) is 45.8 Å². The third-order valence-electron chi connectivity index (χ3n) is 2.08. The fraction of sp³-hybridized carbons (Fsp3) is 0.750. The Kier molecular flexibility index (Phi) is 8.31. The molecule has 0 rings (SSSR count). The molecule has 0 saturated heterocycles. The highest BCUT2D eigenvalue weighted by atomic mass is 32.1. The van der Waals surface area contributed by atoms with Crippen LogP contribution in [0.4, 0.5) is 0 Å². The lowest BCUT2D eigenvalue weighted by atomic mass is 10.1. The van der Waals surface area contributed by atoms with E-state index in [2.05, 4.69) is 15.5 Å². The van der Waals surface area contributed by atoms with E-state index < -0.39 is 22.7 Å². The Bertz CT molecular complexity index is 435. The van der Waals surface area contributed by atoms with E-state index in [-0.39, 0.29) is 30.5 Å². The lowest BCUT2D eigenvalue weighted by Crippen LogP contribution is -2.47. The van der Waals surface area contributed by atoms with Gasteiger partial charge in [-0.15, -0.1) is 10.1 Å². The van der Waals surface area contributed by atoms with Crippen LogP contribution in [0.2, 0.25) is 0 Å². The first-order valence-electron chi connectivity index (χ1n) is 6.55. The van der Waals surface area contributed by atoms with Crippen LogP contribution < -0.4 is 10.6 Å². The molecule has 1 atom stereocenters. The quantitative estimate of drug-likeness (QED) is 0.214. The van der Waals surface area contributed by atoms with Gasteiger partial charge in [-0.2, -0.15) is 0 Å². The summed E-state index contributed by atoms with van der Waals surface area (Å²) in [5, 5.41) is 14.3. The van der Waals surface area contributed by atoms with Crippen LogP contribution in [0, 0.1) is 10.1 Å². The summed E-state index contributed by atoms with van der Waals surface area (Å²) in [6, 6.07) is -0.752. The lowest BCUT2D eigenvalue weighted by molar-refractivity contribution is -0.757. The number of thiocarbonyl (C=S) groups is 1. The molecule has 0 aliphatic rings. The molecule has 0 aliphatic carbocycles. The minimum absolute atomic E-state index is 0.0736. The van der Waals surface area contributed by atoms with Gasteiger partial charge in [-0.05, 0) is 20.8 Å². The van der Waals surface area contributed by atoms with E-state index in [0.29, 0.717) is 0 Å². The number of amides is 1. The molecule has 0 fully saturated rings. The zero-order valence-corrected chi connectivity index (χ0v) is 13.8. The van der Waals surface area contributed by atoms with Crippen molar-refractivity contribution in [2.75, 3.05) is 13.2 Å². The molecule has 22 heavy (non-hydrogen) atoms. The molecule has 0 bridgehead atoms. The van der Waals surface area contributed by atoms with Gasteiger partial charge in [0.2, 0.25) is 5.91 Å². The molecule has 2 N–H and O–H groups in total. The predicted molar refractivity (Wildman–Crippen MR) is 81.6 cm³/mol. The zero-order valence-electron chi connectivity index (χ0n) is 13.0. The summed E-state index contributed by atoms with van der Waals surface area (Å²) in [6.07, 6.45) is -0.140. The number of nitrogens with one attached hydrogen (secondary N) is 2. The summed E-state index contributed by atoms with van der Waals surface area (Å²) in [7, 11) is 0. The topological polar surface area (TPSA) is 120 Å². The van der Waals surface area contributed by atoms with Crippen molar-refractivity contribution in [1.82, 2.24) is 10.6 Å². The van der Waals surface area contributed by atoms with E-state index in [4.69, 9.17) is 17.0 Å². The Balaban J connectivity index is 4.49. The Hall–Kier alpha value is -1.97. The number of rotatable bonds is 8. The van der Waals surface area contributed by atoms with E-state index in [0.717, 1.165) is 0 Å². The van der Waals surface area contributed by atoms with Gasteiger partial charge < -0.3 is 20.2 Å². The van der Waals surface area contributed by atoms with Crippen molar-refractivity contribution in [1.29, 1.82) is 0 Å². The summed E-state index contributed by atoms with van der Waals surface area (Å²) in [5.41, 5.74) is -0.646. The van der Waals surface area contributed by atoms with Gasteiger partial charge in [0, 0.05) is 13.5 Å². The summed E-state index contributed by atoms with van der Waals surface area (Å²) in [6.45, 7) is 6.34. The Labute approximate surface area is 133 Å². The highest BCUT2D eigenvalue weighted by Gasteiger charge is 2.23. The SMILES string of the molecule is CC(=O)N[C@H](CC(=O)OC(C)(C)C)C(=S)NCCO[N+](=O)[O-]. The number of ether oxygens (including phenoxy) is 1. The smallest absolute Gasteiger partial charge is 0.308 e. The molecule has 126 valence electrons. The molecule has 0 aliphatic heterocycles. The van der Waals surface area contributed by atoms with Crippen LogP contribution in [0.25, 0.3) is 0 Å². The maximum absolute atomic E-state index is 11.8. The third kappa shape index (κ3) is 10.8. The van der Waals surface area contributed by atoms with Gasteiger partial charge in [0.05, 0.1) is 17.5 Å². The molecule has 0 saturated carbocycles. The molecular formula is C12H21N3O6S. The molecule has 0 unspecified atom stereocenters. The summed E-state index contributed by atoms with van der Waals surface area (Å²) < 4.78 is 5.17. The number of esters is 1. The van der Waals surface area contributed by atoms with Gasteiger partial charge in [0.15, 0.2) is 0 Å². The summed E-state index contributed by atoms with van der Waals surface area (Å²) in [5.74, 6) is -0.879. The van der Waals surface area contributed by atoms with Gasteiger partial charge in [-0.3, -0.25) is 9.59 Å². The van der Waals surface area contributed by atoms with Gasteiger partial charge in [-0.1, -0.05) is 12.2 Å². The third-order valence-corrected chi connectivity index (χ3v) is 2.51. The molecule has 10 heteroatoms. The average molecular weight is 335 g/mol. The van der Waals surface area contributed by atoms with Gasteiger partial charge in [0.25, 0.3) is 5.09 Å². The number of nitrogens with zero attached hydrogens (tertiary/aromatic N) is 1.